The Morgan fingerprint density at radius 2 is 2.11 bits per heavy atom. The smallest absolute Gasteiger partial charge is 0.0971 e. The topological polar surface area (TPSA) is 47.3 Å². The summed E-state index contributed by atoms with van der Waals surface area (Å²) in [5, 5.41) is 15.0. The molecule has 0 radical (unpaired) electrons. The molecule has 1 aromatic heterocycles. The van der Waals surface area contributed by atoms with Crippen LogP contribution < -0.4 is 0 Å². The number of hydrogen-bond acceptors (Lipinski definition) is 3. The number of ether oxygens (including phenoxy) is 1. The van der Waals surface area contributed by atoms with Crippen molar-refractivity contribution in [1.82, 2.24) is 9.78 Å². The molecule has 1 N–H and O–H groups in total. The second-order valence-corrected chi connectivity index (χ2v) is 5.22. The van der Waals surface area contributed by atoms with Crippen LogP contribution in [0.1, 0.15) is 57.2 Å². The molecule has 0 aliphatic carbocycles. The summed E-state index contributed by atoms with van der Waals surface area (Å²) in [6.45, 7) is 3.38. The molecular formula is C14H25ClN2O2. The third kappa shape index (κ3) is 5.51. The van der Waals surface area contributed by atoms with E-state index in [9.17, 15) is 5.11 Å². The Morgan fingerprint density at radius 3 is 2.79 bits per heavy atom. The highest BCUT2D eigenvalue weighted by Gasteiger charge is 2.17. The molecule has 0 saturated carbocycles. The van der Waals surface area contributed by atoms with Crippen LogP contribution in [0.15, 0.2) is 6.20 Å². The van der Waals surface area contributed by atoms with Crippen LogP contribution in [0.4, 0.5) is 0 Å². The summed E-state index contributed by atoms with van der Waals surface area (Å²) in [5.41, 5.74) is 0.717. The van der Waals surface area contributed by atoms with Gasteiger partial charge in [-0.2, -0.15) is 5.10 Å². The summed E-state index contributed by atoms with van der Waals surface area (Å²) in [4.78, 5) is 0. The van der Waals surface area contributed by atoms with Gasteiger partial charge in [-0.3, -0.25) is 4.68 Å². The van der Waals surface area contributed by atoms with Crippen LogP contribution in [0.5, 0.6) is 0 Å². The number of aliphatic hydroxyl groups is 1. The van der Waals surface area contributed by atoms with Gasteiger partial charge >= 0.3 is 0 Å². The minimum absolute atomic E-state index is 0.534. The van der Waals surface area contributed by atoms with Gasteiger partial charge in [0.25, 0.3) is 0 Å². The standard InChI is InChI=1S/C14H25ClN2O2/c1-3-4-5-6-7-8-13(18)14-12(15)11-16-17(14)9-10-19-2/h11,13,18H,3-10H2,1-2H3. The van der Waals surface area contributed by atoms with Gasteiger partial charge in [0.15, 0.2) is 0 Å². The number of hydrogen-bond donors (Lipinski definition) is 1. The highest BCUT2D eigenvalue weighted by molar-refractivity contribution is 6.31. The zero-order chi connectivity index (χ0) is 14.1. The van der Waals surface area contributed by atoms with E-state index in [0.29, 0.717) is 23.9 Å². The van der Waals surface area contributed by atoms with Crippen molar-refractivity contribution in [2.45, 2.75) is 58.1 Å². The molecule has 0 saturated heterocycles. The number of halogens is 1. The molecule has 0 bridgehead atoms. The molecule has 1 atom stereocenters. The Labute approximate surface area is 120 Å². The van der Waals surface area contributed by atoms with Crippen LogP contribution in [-0.4, -0.2) is 28.6 Å². The highest BCUT2D eigenvalue weighted by Crippen LogP contribution is 2.26. The van der Waals surface area contributed by atoms with Crippen LogP contribution in [0.3, 0.4) is 0 Å². The highest BCUT2D eigenvalue weighted by atomic mass is 35.5. The van der Waals surface area contributed by atoms with E-state index >= 15 is 0 Å². The minimum Gasteiger partial charge on any atom is -0.387 e. The van der Waals surface area contributed by atoms with Gasteiger partial charge in [0.2, 0.25) is 0 Å². The van der Waals surface area contributed by atoms with Crippen molar-refractivity contribution in [1.29, 1.82) is 0 Å². The normalized spacial score (nSPS) is 12.8. The Balaban J connectivity index is 2.46. The molecule has 0 aromatic carbocycles. The van der Waals surface area contributed by atoms with Crippen molar-refractivity contribution in [2.75, 3.05) is 13.7 Å². The predicted molar refractivity (Wildman–Crippen MR) is 77.4 cm³/mol. The molecule has 0 aliphatic heterocycles. The minimum atomic E-state index is -0.534. The largest absolute Gasteiger partial charge is 0.387 e. The second-order valence-electron chi connectivity index (χ2n) is 4.81. The van der Waals surface area contributed by atoms with Crippen molar-refractivity contribution in [2.24, 2.45) is 0 Å². The van der Waals surface area contributed by atoms with Gasteiger partial charge in [-0.1, -0.05) is 50.6 Å². The Morgan fingerprint density at radius 1 is 1.37 bits per heavy atom. The van der Waals surface area contributed by atoms with Crippen LogP contribution in [-0.2, 0) is 11.3 Å². The van der Waals surface area contributed by atoms with E-state index in [0.717, 1.165) is 19.3 Å². The fourth-order valence-electron chi connectivity index (χ4n) is 2.14. The maximum atomic E-state index is 10.2. The Hall–Kier alpha value is -0.580. The Bertz CT molecular complexity index is 355. The van der Waals surface area contributed by atoms with Crippen LogP contribution in [0.25, 0.3) is 0 Å². The molecule has 0 spiro atoms. The first-order valence-corrected chi connectivity index (χ1v) is 7.46. The number of methoxy groups -OCH3 is 1. The first-order valence-electron chi connectivity index (χ1n) is 7.08. The summed E-state index contributed by atoms with van der Waals surface area (Å²) < 4.78 is 6.77. The number of nitrogens with zero attached hydrogens (tertiary/aromatic N) is 2. The number of rotatable bonds is 10. The van der Waals surface area contributed by atoms with E-state index in [1.165, 1.54) is 19.3 Å². The first kappa shape index (κ1) is 16.5. The molecule has 5 heteroatoms. The van der Waals surface area contributed by atoms with Gasteiger partial charge < -0.3 is 9.84 Å². The maximum absolute atomic E-state index is 10.2. The summed E-state index contributed by atoms with van der Waals surface area (Å²) in [6.07, 6.45) is 7.71. The summed E-state index contributed by atoms with van der Waals surface area (Å²) in [6, 6.07) is 0. The Kier molecular flexibility index (Phi) is 8.10. The third-order valence-electron chi connectivity index (χ3n) is 3.24. The molecule has 4 nitrogen and oxygen atoms in total. The lowest BCUT2D eigenvalue weighted by Crippen LogP contribution is -2.13. The lowest BCUT2D eigenvalue weighted by molar-refractivity contribution is 0.143. The van der Waals surface area contributed by atoms with Crippen molar-refractivity contribution in [3.05, 3.63) is 16.9 Å². The fraction of sp³-hybridized carbons (Fsp3) is 0.786. The van der Waals surface area contributed by atoms with Gasteiger partial charge in [-0.15, -0.1) is 0 Å². The van der Waals surface area contributed by atoms with E-state index in [4.69, 9.17) is 16.3 Å². The summed E-state index contributed by atoms with van der Waals surface area (Å²) in [5.74, 6) is 0. The van der Waals surface area contributed by atoms with Crippen LogP contribution >= 0.6 is 11.6 Å². The molecule has 1 unspecified atom stereocenters. The molecule has 19 heavy (non-hydrogen) atoms. The molecule has 1 aromatic rings. The predicted octanol–water partition coefficient (Wildman–Crippen LogP) is 3.58. The van der Waals surface area contributed by atoms with Crippen LogP contribution in [0, 0.1) is 0 Å². The average molecular weight is 289 g/mol. The van der Waals surface area contributed by atoms with Crippen molar-refractivity contribution in [3.63, 3.8) is 0 Å². The van der Waals surface area contributed by atoms with E-state index < -0.39 is 6.10 Å². The summed E-state index contributed by atoms with van der Waals surface area (Å²) in [7, 11) is 1.65. The number of aromatic nitrogens is 2. The zero-order valence-corrected chi connectivity index (χ0v) is 12.7. The first-order chi connectivity index (χ1) is 9.20. The zero-order valence-electron chi connectivity index (χ0n) is 11.9. The van der Waals surface area contributed by atoms with Crippen molar-refractivity contribution in [3.8, 4) is 0 Å². The molecule has 1 heterocycles. The SMILES string of the molecule is CCCCCCCC(O)c1c(Cl)cnn1CCOC. The van der Waals surface area contributed by atoms with E-state index in [2.05, 4.69) is 12.0 Å². The molecular weight excluding hydrogens is 264 g/mol. The van der Waals surface area contributed by atoms with Crippen molar-refractivity contribution >= 4 is 11.6 Å². The fourth-order valence-corrected chi connectivity index (χ4v) is 2.40. The quantitative estimate of drug-likeness (QED) is 0.670. The number of unbranched alkanes of at least 4 members (excludes halogenated alkanes) is 4. The third-order valence-corrected chi connectivity index (χ3v) is 3.53. The van der Waals surface area contributed by atoms with E-state index in [1.54, 1.807) is 18.0 Å². The monoisotopic (exact) mass is 288 g/mol. The van der Waals surface area contributed by atoms with Gasteiger partial charge in [0.05, 0.1) is 36.2 Å². The molecule has 110 valence electrons. The number of aliphatic hydroxyl groups excluding tert-OH is 1. The maximum Gasteiger partial charge on any atom is 0.0971 e. The van der Waals surface area contributed by atoms with Gasteiger partial charge in [-0.05, 0) is 6.42 Å². The average Bonchev–Trinajstić information content (AvgIpc) is 2.77. The summed E-state index contributed by atoms with van der Waals surface area (Å²) >= 11 is 6.10. The van der Waals surface area contributed by atoms with Gasteiger partial charge in [-0.25, -0.2) is 0 Å². The molecule has 0 amide bonds. The van der Waals surface area contributed by atoms with Crippen molar-refractivity contribution < 1.29 is 9.84 Å². The molecule has 0 fully saturated rings. The van der Waals surface area contributed by atoms with Crippen LogP contribution in [0.2, 0.25) is 5.02 Å². The van der Waals surface area contributed by atoms with Gasteiger partial charge in [0.1, 0.15) is 0 Å². The van der Waals surface area contributed by atoms with Gasteiger partial charge in [0, 0.05) is 7.11 Å². The van der Waals surface area contributed by atoms with E-state index in [1.807, 2.05) is 0 Å². The lowest BCUT2D eigenvalue weighted by Gasteiger charge is -2.14. The lowest BCUT2D eigenvalue weighted by atomic mass is 10.1. The van der Waals surface area contributed by atoms with E-state index in [-0.39, 0.29) is 0 Å². The second kappa shape index (κ2) is 9.34. The molecule has 0 aliphatic rings. The molecule has 1 rings (SSSR count).